The number of nitrogens with zero attached hydrogens (tertiary/aromatic N) is 2. The van der Waals surface area contributed by atoms with Crippen molar-refractivity contribution < 1.29 is 0 Å². The number of rotatable bonds is 1. The van der Waals surface area contributed by atoms with Gasteiger partial charge in [0.1, 0.15) is 5.82 Å². The van der Waals surface area contributed by atoms with Crippen molar-refractivity contribution >= 4 is 12.4 Å². The molecule has 78 valence electrons. The summed E-state index contributed by atoms with van der Waals surface area (Å²) < 4.78 is 0. The van der Waals surface area contributed by atoms with Crippen molar-refractivity contribution in [3.63, 3.8) is 0 Å². The van der Waals surface area contributed by atoms with Crippen LogP contribution < -0.4 is 5.56 Å². The number of aryl methyl sites for hydroxylation is 1. The summed E-state index contributed by atoms with van der Waals surface area (Å²) in [6, 6.07) is 5.12. The van der Waals surface area contributed by atoms with Crippen LogP contribution in [-0.4, -0.2) is 15.0 Å². The zero-order valence-electron chi connectivity index (χ0n) is 8.10. The number of nitrogens with one attached hydrogen (secondary N) is 1. The maximum absolute atomic E-state index is 11.2. The first-order valence-electron chi connectivity index (χ1n) is 4.24. The summed E-state index contributed by atoms with van der Waals surface area (Å²) >= 11 is 0. The fourth-order valence-corrected chi connectivity index (χ4v) is 1.25. The molecule has 1 N–H and O–H groups in total. The van der Waals surface area contributed by atoms with E-state index in [1.165, 1.54) is 6.07 Å². The van der Waals surface area contributed by atoms with Gasteiger partial charge in [0.15, 0.2) is 0 Å². The van der Waals surface area contributed by atoms with Crippen molar-refractivity contribution in [1.29, 1.82) is 0 Å². The van der Waals surface area contributed by atoms with E-state index >= 15 is 0 Å². The van der Waals surface area contributed by atoms with E-state index < -0.39 is 0 Å². The van der Waals surface area contributed by atoms with Gasteiger partial charge in [0, 0.05) is 24.0 Å². The van der Waals surface area contributed by atoms with Crippen LogP contribution in [0.25, 0.3) is 11.3 Å². The van der Waals surface area contributed by atoms with Gasteiger partial charge in [-0.15, -0.1) is 12.4 Å². The molecule has 2 aromatic rings. The summed E-state index contributed by atoms with van der Waals surface area (Å²) in [7, 11) is 0. The average Bonchev–Trinajstić information content (AvgIpc) is 2.18. The van der Waals surface area contributed by atoms with Gasteiger partial charge in [-0.25, -0.2) is 4.98 Å². The Morgan fingerprint density at radius 2 is 1.93 bits per heavy atom. The van der Waals surface area contributed by atoms with Gasteiger partial charge in [-0.2, -0.15) is 0 Å². The van der Waals surface area contributed by atoms with Crippen molar-refractivity contribution in [2.45, 2.75) is 6.92 Å². The molecule has 2 heterocycles. The Balaban J connectivity index is 0.00000112. The molecule has 0 bridgehead atoms. The highest BCUT2D eigenvalue weighted by Gasteiger charge is 2.00. The van der Waals surface area contributed by atoms with E-state index in [-0.39, 0.29) is 18.0 Å². The number of pyridine rings is 1. The Bertz CT molecular complexity index is 496. The van der Waals surface area contributed by atoms with Crippen LogP contribution in [0.4, 0.5) is 0 Å². The lowest BCUT2D eigenvalue weighted by molar-refractivity contribution is 1.02. The van der Waals surface area contributed by atoms with Crippen LogP contribution in [0, 0.1) is 6.92 Å². The lowest BCUT2D eigenvalue weighted by atomic mass is 10.2. The van der Waals surface area contributed by atoms with Gasteiger partial charge in [-0.1, -0.05) is 0 Å². The quantitative estimate of drug-likeness (QED) is 0.798. The van der Waals surface area contributed by atoms with Crippen LogP contribution in [-0.2, 0) is 0 Å². The molecular formula is C10H10ClN3O. The third-order valence-corrected chi connectivity index (χ3v) is 1.84. The normalized spacial score (nSPS) is 9.40. The summed E-state index contributed by atoms with van der Waals surface area (Å²) in [5.74, 6) is 0.615. The first-order chi connectivity index (χ1) is 6.75. The fraction of sp³-hybridized carbons (Fsp3) is 0.100. The zero-order valence-corrected chi connectivity index (χ0v) is 8.91. The molecule has 2 aromatic heterocycles. The van der Waals surface area contributed by atoms with Crippen LogP contribution in [0.15, 0.2) is 35.4 Å². The summed E-state index contributed by atoms with van der Waals surface area (Å²) in [5, 5.41) is 0. The molecule has 15 heavy (non-hydrogen) atoms. The first kappa shape index (κ1) is 11.4. The van der Waals surface area contributed by atoms with Crippen molar-refractivity contribution in [3.8, 4) is 11.3 Å². The van der Waals surface area contributed by atoms with Crippen molar-refractivity contribution in [2.24, 2.45) is 0 Å². The highest BCUT2D eigenvalue weighted by atomic mass is 35.5. The minimum Gasteiger partial charge on any atom is -0.311 e. The van der Waals surface area contributed by atoms with Gasteiger partial charge >= 0.3 is 0 Å². The third kappa shape index (κ3) is 2.63. The van der Waals surface area contributed by atoms with E-state index in [9.17, 15) is 4.79 Å². The molecule has 0 fully saturated rings. The minimum absolute atomic E-state index is 0. The standard InChI is InChI=1S/C10H9N3O.ClH/c1-7-12-9(6-10(14)13-7)8-2-4-11-5-3-8;/h2-6H,1H3,(H,12,13,14);1H. The maximum atomic E-state index is 11.2. The summed E-state index contributed by atoms with van der Waals surface area (Å²) in [6.45, 7) is 1.76. The van der Waals surface area contributed by atoms with E-state index in [4.69, 9.17) is 0 Å². The Morgan fingerprint density at radius 3 is 2.53 bits per heavy atom. The highest BCUT2D eigenvalue weighted by molar-refractivity contribution is 5.85. The third-order valence-electron chi connectivity index (χ3n) is 1.84. The molecule has 2 rings (SSSR count). The van der Waals surface area contributed by atoms with Gasteiger partial charge in [-0.05, 0) is 19.1 Å². The fourth-order valence-electron chi connectivity index (χ4n) is 1.25. The van der Waals surface area contributed by atoms with Gasteiger partial charge in [0.2, 0.25) is 0 Å². The molecule has 4 nitrogen and oxygen atoms in total. The average molecular weight is 224 g/mol. The molecule has 0 saturated heterocycles. The molecule has 0 radical (unpaired) electrons. The molecule has 0 spiro atoms. The predicted octanol–water partition coefficient (Wildman–Crippen LogP) is 1.56. The molecule has 0 aliphatic heterocycles. The van der Waals surface area contributed by atoms with Gasteiger partial charge in [0.25, 0.3) is 5.56 Å². The Labute approximate surface area is 92.8 Å². The second-order valence-electron chi connectivity index (χ2n) is 2.95. The smallest absolute Gasteiger partial charge is 0.251 e. The van der Waals surface area contributed by atoms with Crippen molar-refractivity contribution in [3.05, 3.63) is 46.8 Å². The lowest BCUT2D eigenvalue weighted by Gasteiger charge is -1.99. The van der Waals surface area contributed by atoms with Gasteiger partial charge < -0.3 is 4.98 Å². The molecular weight excluding hydrogens is 214 g/mol. The molecule has 0 atom stereocenters. The first-order valence-corrected chi connectivity index (χ1v) is 4.24. The number of aromatic nitrogens is 3. The van der Waals surface area contributed by atoms with Crippen LogP contribution in [0.3, 0.4) is 0 Å². The SMILES string of the molecule is Cc1nc(-c2ccncc2)cc(=O)[nH]1.Cl. The van der Waals surface area contributed by atoms with Crippen LogP contribution in [0.1, 0.15) is 5.82 Å². The maximum Gasteiger partial charge on any atom is 0.251 e. The molecule has 5 heteroatoms. The van der Waals surface area contributed by atoms with Gasteiger partial charge in [-0.3, -0.25) is 9.78 Å². The zero-order chi connectivity index (χ0) is 9.97. The number of hydrogen-bond acceptors (Lipinski definition) is 3. The summed E-state index contributed by atoms with van der Waals surface area (Å²) in [6.07, 6.45) is 3.35. The Morgan fingerprint density at radius 1 is 1.27 bits per heavy atom. The van der Waals surface area contributed by atoms with Crippen LogP contribution >= 0.6 is 12.4 Å². The molecule has 0 unspecified atom stereocenters. The number of H-pyrrole nitrogens is 1. The Hall–Kier alpha value is -1.68. The van der Waals surface area contributed by atoms with Crippen molar-refractivity contribution in [1.82, 2.24) is 15.0 Å². The topological polar surface area (TPSA) is 58.6 Å². The molecule has 0 aliphatic rings. The Kier molecular flexibility index (Phi) is 3.57. The largest absolute Gasteiger partial charge is 0.311 e. The molecule has 0 aromatic carbocycles. The molecule has 0 aliphatic carbocycles. The van der Waals surface area contributed by atoms with E-state index in [0.717, 1.165) is 5.56 Å². The van der Waals surface area contributed by atoms with E-state index in [2.05, 4.69) is 15.0 Å². The number of halogens is 1. The monoisotopic (exact) mass is 223 g/mol. The second-order valence-corrected chi connectivity index (χ2v) is 2.95. The lowest BCUT2D eigenvalue weighted by Crippen LogP contribution is -2.08. The summed E-state index contributed by atoms with van der Waals surface area (Å²) in [4.78, 5) is 21.9. The van der Waals surface area contributed by atoms with Crippen LogP contribution in [0.5, 0.6) is 0 Å². The number of hydrogen-bond donors (Lipinski definition) is 1. The predicted molar refractivity (Wildman–Crippen MR) is 60.1 cm³/mol. The summed E-state index contributed by atoms with van der Waals surface area (Å²) in [5.41, 5.74) is 1.44. The molecule has 0 saturated carbocycles. The van der Waals surface area contributed by atoms with E-state index in [1.54, 1.807) is 19.3 Å². The van der Waals surface area contributed by atoms with E-state index in [0.29, 0.717) is 11.5 Å². The van der Waals surface area contributed by atoms with Gasteiger partial charge in [0.05, 0.1) is 5.69 Å². The highest BCUT2D eigenvalue weighted by Crippen LogP contribution is 2.12. The van der Waals surface area contributed by atoms with Crippen molar-refractivity contribution in [2.75, 3.05) is 0 Å². The van der Waals surface area contributed by atoms with Crippen LogP contribution in [0.2, 0.25) is 0 Å². The number of aromatic amines is 1. The minimum atomic E-state index is -0.135. The second kappa shape index (κ2) is 4.70. The van der Waals surface area contributed by atoms with E-state index in [1.807, 2.05) is 12.1 Å². The molecule has 0 amide bonds.